The standard InChI is InChI=1S/C19H30N3O5P/c1-15-12-20(2)13-19(27-15)14-26-28(3,25)21-10-8-17(9-11-21)16-4-6-18(7-5-16)22(23)24/h4-7,15,17,19H,8-14H2,1-3H3. The molecule has 9 heteroatoms. The van der Waals surface area contributed by atoms with Crippen molar-refractivity contribution in [2.45, 2.75) is 37.9 Å². The zero-order valence-electron chi connectivity index (χ0n) is 16.8. The van der Waals surface area contributed by atoms with Gasteiger partial charge < -0.3 is 14.2 Å². The lowest BCUT2D eigenvalue weighted by Crippen LogP contribution is -2.46. The van der Waals surface area contributed by atoms with E-state index in [0.717, 1.165) is 31.5 Å². The summed E-state index contributed by atoms with van der Waals surface area (Å²) >= 11 is 0. The van der Waals surface area contributed by atoms with E-state index in [1.165, 1.54) is 0 Å². The van der Waals surface area contributed by atoms with Gasteiger partial charge in [0.25, 0.3) is 13.2 Å². The molecule has 156 valence electrons. The van der Waals surface area contributed by atoms with Gasteiger partial charge in [-0.1, -0.05) is 12.1 Å². The molecule has 1 aromatic rings. The second-order valence-electron chi connectivity index (χ2n) is 7.97. The van der Waals surface area contributed by atoms with Crippen LogP contribution >= 0.6 is 7.52 Å². The average molecular weight is 411 g/mol. The first-order valence-corrected chi connectivity index (χ1v) is 11.8. The second kappa shape index (κ2) is 9.01. The number of hydrogen-bond acceptors (Lipinski definition) is 6. The maximum atomic E-state index is 13.1. The quantitative estimate of drug-likeness (QED) is 0.403. The van der Waals surface area contributed by atoms with Crippen molar-refractivity contribution in [3.63, 3.8) is 0 Å². The zero-order valence-corrected chi connectivity index (χ0v) is 17.7. The SMILES string of the molecule is CC1CN(C)CC(COP(C)(=O)N2CCC(c3ccc([N+](=O)[O-])cc3)CC2)O1. The van der Waals surface area contributed by atoms with Gasteiger partial charge in [-0.15, -0.1) is 0 Å². The van der Waals surface area contributed by atoms with Gasteiger partial charge >= 0.3 is 0 Å². The van der Waals surface area contributed by atoms with Crippen LogP contribution in [0.25, 0.3) is 0 Å². The number of rotatable bonds is 6. The van der Waals surface area contributed by atoms with Crippen LogP contribution < -0.4 is 0 Å². The largest absolute Gasteiger partial charge is 0.370 e. The summed E-state index contributed by atoms with van der Waals surface area (Å²) in [6, 6.07) is 6.77. The zero-order chi connectivity index (χ0) is 20.3. The molecule has 0 aliphatic carbocycles. The molecule has 0 spiro atoms. The van der Waals surface area contributed by atoms with Crippen molar-refractivity contribution in [3.05, 3.63) is 39.9 Å². The number of nitro benzene ring substituents is 1. The molecule has 2 fully saturated rings. The molecule has 0 aromatic heterocycles. The van der Waals surface area contributed by atoms with Gasteiger partial charge in [0.15, 0.2) is 0 Å². The number of hydrogen-bond donors (Lipinski definition) is 0. The number of nitro groups is 1. The number of non-ortho nitro benzene ring substituents is 1. The monoisotopic (exact) mass is 411 g/mol. The lowest BCUT2D eigenvalue weighted by Gasteiger charge is -2.38. The summed E-state index contributed by atoms with van der Waals surface area (Å²) in [6.45, 7) is 7.13. The second-order valence-corrected chi connectivity index (χ2v) is 10.4. The molecular weight excluding hydrogens is 381 g/mol. The third kappa shape index (κ3) is 5.39. The summed E-state index contributed by atoms with van der Waals surface area (Å²) in [5.74, 6) is 0.327. The van der Waals surface area contributed by atoms with E-state index in [9.17, 15) is 14.7 Å². The third-order valence-corrected chi connectivity index (χ3v) is 7.62. The van der Waals surface area contributed by atoms with Crippen molar-refractivity contribution in [2.75, 3.05) is 46.5 Å². The van der Waals surface area contributed by atoms with Crippen LogP contribution in [-0.4, -0.2) is 73.2 Å². The van der Waals surface area contributed by atoms with Crippen molar-refractivity contribution in [1.29, 1.82) is 0 Å². The average Bonchev–Trinajstić information content (AvgIpc) is 2.66. The summed E-state index contributed by atoms with van der Waals surface area (Å²) in [5, 5.41) is 10.8. The molecule has 0 radical (unpaired) electrons. The summed E-state index contributed by atoms with van der Waals surface area (Å²) in [4.78, 5) is 12.6. The predicted molar refractivity (Wildman–Crippen MR) is 108 cm³/mol. The first-order valence-electron chi connectivity index (χ1n) is 9.80. The Labute approximate surface area is 166 Å². The lowest BCUT2D eigenvalue weighted by atomic mass is 9.90. The van der Waals surface area contributed by atoms with Crippen molar-refractivity contribution in [1.82, 2.24) is 9.57 Å². The Hall–Kier alpha value is -1.31. The summed E-state index contributed by atoms with van der Waals surface area (Å²) in [7, 11) is -0.811. The van der Waals surface area contributed by atoms with Crippen LogP contribution in [0.15, 0.2) is 24.3 Å². The molecule has 2 saturated heterocycles. The highest BCUT2D eigenvalue weighted by Crippen LogP contribution is 2.49. The van der Waals surface area contributed by atoms with Crippen LogP contribution in [0.3, 0.4) is 0 Å². The Bertz CT molecular complexity index is 711. The summed E-state index contributed by atoms with van der Waals surface area (Å²) < 4.78 is 26.8. The lowest BCUT2D eigenvalue weighted by molar-refractivity contribution is -0.384. The highest BCUT2D eigenvalue weighted by atomic mass is 31.2. The smallest absolute Gasteiger partial charge is 0.269 e. The molecule has 3 rings (SSSR count). The fourth-order valence-corrected chi connectivity index (χ4v) is 5.67. The topological polar surface area (TPSA) is 85.2 Å². The Morgan fingerprint density at radius 2 is 1.89 bits per heavy atom. The number of piperidine rings is 1. The molecule has 0 amide bonds. The van der Waals surface area contributed by atoms with E-state index in [1.54, 1.807) is 18.8 Å². The third-order valence-electron chi connectivity index (χ3n) is 5.57. The molecule has 0 bridgehead atoms. The first kappa shape index (κ1) is 21.4. The van der Waals surface area contributed by atoms with E-state index >= 15 is 0 Å². The maximum Gasteiger partial charge on any atom is 0.269 e. The highest BCUT2D eigenvalue weighted by molar-refractivity contribution is 7.55. The molecule has 8 nitrogen and oxygen atoms in total. The van der Waals surface area contributed by atoms with E-state index in [-0.39, 0.29) is 22.8 Å². The Morgan fingerprint density at radius 3 is 2.46 bits per heavy atom. The number of ether oxygens (including phenoxy) is 1. The number of likely N-dealkylation sites (N-methyl/N-ethyl adjacent to an activating group) is 1. The molecule has 3 unspecified atom stereocenters. The summed E-state index contributed by atoms with van der Waals surface area (Å²) in [5.41, 5.74) is 1.21. The minimum absolute atomic E-state index is 0.0559. The highest BCUT2D eigenvalue weighted by Gasteiger charge is 2.33. The van der Waals surface area contributed by atoms with Crippen LogP contribution in [0.1, 0.15) is 31.2 Å². The molecule has 28 heavy (non-hydrogen) atoms. The summed E-state index contributed by atoms with van der Waals surface area (Å²) in [6.07, 6.45) is 1.82. The molecule has 3 atom stereocenters. The molecular formula is C19H30N3O5P. The minimum Gasteiger partial charge on any atom is -0.370 e. The van der Waals surface area contributed by atoms with Crippen molar-refractivity contribution >= 4 is 13.2 Å². The fraction of sp³-hybridized carbons (Fsp3) is 0.684. The van der Waals surface area contributed by atoms with Crippen molar-refractivity contribution in [2.24, 2.45) is 0 Å². The normalized spacial score (nSPS) is 27.4. The van der Waals surface area contributed by atoms with E-state index in [2.05, 4.69) is 11.9 Å². The molecule has 1 aromatic carbocycles. The van der Waals surface area contributed by atoms with Crippen molar-refractivity contribution < 1.29 is 18.7 Å². The molecule has 2 aliphatic rings. The van der Waals surface area contributed by atoms with E-state index in [4.69, 9.17) is 9.26 Å². The maximum absolute atomic E-state index is 13.1. The van der Waals surface area contributed by atoms with E-state index in [0.29, 0.717) is 25.6 Å². The van der Waals surface area contributed by atoms with Crippen LogP contribution in [0.4, 0.5) is 5.69 Å². The van der Waals surface area contributed by atoms with Crippen molar-refractivity contribution in [3.8, 4) is 0 Å². The van der Waals surface area contributed by atoms with Gasteiger partial charge in [0.1, 0.15) is 0 Å². The van der Waals surface area contributed by atoms with Gasteiger partial charge in [0, 0.05) is 45.0 Å². The predicted octanol–water partition coefficient (Wildman–Crippen LogP) is 3.33. The van der Waals surface area contributed by atoms with Crippen LogP contribution in [0.5, 0.6) is 0 Å². The Kier molecular flexibility index (Phi) is 6.89. The number of benzene rings is 1. The molecule has 2 heterocycles. The van der Waals surface area contributed by atoms with Crippen LogP contribution in [-0.2, 0) is 13.8 Å². The van der Waals surface area contributed by atoms with Gasteiger partial charge in [0.2, 0.25) is 0 Å². The number of morpholine rings is 1. The first-order chi connectivity index (χ1) is 13.2. The molecule has 0 saturated carbocycles. The van der Waals surface area contributed by atoms with Gasteiger partial charge in [-0.05, 0) is 38.3 Å². The Balaban J connectivity index is 1.50. The molecule has 0 N–H and O–H groups in total. The van der Waals surface area contributed by atoms with Crippen LogP contribution in [0, 0.1) is 10.1 Å². The van der Waals surface area contributed by atoms with E-state index in [1.807, 2.05) is 23.7 Å². The number of nitrogens with zero attached hydrogens (tertiary/aromatic N) is 3. The fourth-order valence-electron chi connectivity index (χ4n) is 4.10. The van der Waals surface area contributed by atoms with Crippen LogP contribution in [0.2, 0.25) is 0 Å². The minimum atomic E-state index is -2.87. The van der Waals surface area contributed by atoms with E-state index < -0.39 is 7.52 Å². The van der Waals surface area contributed by atoms with Gasteiger partial charge in [-0.25, -0.2) is 4.67 Å². The Morgan fingerprint density at radius 1 is 1.25 bits per heavy atom. The van der Waals surface area contributed by atoms with Gasteiger partial charge in [0.05, 0.1) is 23.7 Å². The van der Waals surface area contributed by atoms with Gasteiger partial charge in [-0.2, -0.15) is 0 Å². The van der Waals surface area contributed by atoms with Gasteiger partial charge in [-0.3, -0.25) is 14.7 Å². The molecule has 2 aliphatic heterocycles.